The number of hydrogen-bond donors (Lipinski definition) is 3. The number of quaternary nitrogens is 1. The standard InChI is InChI=1S/C26H47NO6/c1-2-3-4-5-6-7-8-9-10-11-12-13-20-27(21-14-17-24(28)29,22-15-18-25(30)31)23-16-19-26(32)33/h13,20H,2-12,14-19,21-23H2,1H3,(H2-,28,29,30,31,32,33)/p+1/b20-13+. The fourth-order valence-corrected chi connectivity index (χ4v) is 4.24. The predicted octanol–water partition coefficient (Wildman–Crippen LogP) is 6.22. The number of unbranched alkanes of at least 4 members (excludes halogenated alkanes) is 10. The number of rotatable bonds is 24. The van der Waals surface area contributed by atoms with Gasteiger partial charge in [-0.05, 0) is 18.9 Å². The highest BCUT2D eigenvalue weighted by atomic mass is 16.4. The van der Waals surface area contributed by atoms with Gasteiger partial charge in [0.15, 0.2) is 0 Å². The molecule has 0 aliphatic carbocycles. The van der Waals surface area contributed by atoms with Crippen molar-refractivity contribution >= 4 is 17.9 Å². The van der Waals surface area contributed by atoms with Gasteiger partial charge >= 0.3 is 17.9 Å². The van der Waals surface area contributed by atoms with Crippen molar-refractivity contribution in [1.82, 2.24) is 0 Å². The topological polar surface area (TPSA) is 112 Å². The lowest BCUT2D eigenvalue weighted by molar-refractivity contribution is -0.880. The molecular weight excluding hydrogens is 422 g/mol. The van der Waals surface area contributed by atoms with Gasteiger partial charge in [0.25, 0.3) is 0 Å². The number of hydrogen-bond acceptors (Lipinski definition) is 3. The van der Waals surface area contributed by atoms with Gasteiger partial charge in [0, 0.05) is 19.3 Å². The summed E-state index contributed by atoms with van der Waals surface area (Å²) >= 11 is 0. The average molecular weight is 471 g/mol. The second-order valence-electron chi connectivity index (χ2n) is 9.24. The summed E-state index contributed by atoms with van der Waals surface area (Å²) in [6.07, 6.45) is 19.6. The molecule has 0 aromatic rings. The van der Waals surface area contributed by atoms with Gasteiger partial charge in [-0.15, -0.1) is 0 Å². The normalized spacial score (nSPS) is 11.8. The zero-order valence-electron chi connectivity index (χ0n) is 20.8. The highest BCUT2D eigenvalue weighted by Crippen LogP contribution is 2.18. The molecule has 0 aliphatic heterocycles. The zero-order valence-corrected chi connectivity index (χ0v) is 20.8. The van der Waals surface area contributed by atoms with Crippen LogP contribution < -0.4 is 0 Å². The second-order valence-corrected chi connectivity index (χ2v) is 9.24. The number of aliphatic carboxylic acids is 3. The molecule has 0 amide bonds. The molecule has 0 spiro atoms. The minimum Gasteiger partial charge on any atom is -0.481 e. The quantitative estimate of drug-likeness (QED) is 0.114. The summed E-state index contributed by atoms with van der Waals surface area (Å²) in [5, 5.41) is 27.0. The molecule has 0 heterocycles. The van der Waals surface area contributed by atoms with Gasteiger partial charge in [0.2, 0.25) is 0 Å². The molecule has 0 radical (unpaired) electrons. The van der Waals surface area contributed by atoms with Crippen LogP contribution in [0, 0.1) is 0 Å². The van der Waals surface area contributed by atoms with Crippen LogP contribution >= 0.6 is 0 Å². The Morgan fingerprint density at radius 3 is 1.30 bits per heavy atom. The van der Waals surface area contributed by atoms with Crippen LogP contribution in [-0.4, -0.2) is 57.3 Å². The Labute approximate surface area is 200 Å². The van der Waals surface area contributed by atoms with Crippen LogP contribution in [0.3, 0.4) is 0 Å². The van der Waals surface area contributed by atoms with Gasteiger partial charge < -0.3 is 15.3 Å². The maximum absolute atomic E-state index is 11.0. The van der Waals surface area contributed by atoms with Crippen LogP contribution in [0.4, 0.5) is 0 Å². The van der Waals surface area contributed by atoms with E-state index in [4.69, 9.17) is 15.3 Å². The van der Waals surface area contributed by atoms with Crippen LogP contribution in [0.25, 0.3) is 0 Å². The highest BCUT2D eigenvalue weighted by molar-refractivity contribution is 5.67. The van der Waals surface area contributed by atoms with E-state index in [1.807, 2.05) is 0 Å². The van der Waals surface area contributed by atoms with Crippen molar-refractivity contribution in [2.24, 2.45) is 0 Å². The first-order valence-electron chi connectivity index (χ1n) is 13.0. The highest BCUT2D eigenvalue weighted by Gasteiger charge is 2.25. The molecule has 0 saturated heterocycles. The molecule has 0 bridgehead atoms. The van der Waals surface area contributed by atoms with E-state index in [-0.39, 0.29) is 19.3 Å². The number of carboxylic acids is 3. The third-order valence-corrected chi connectivity index (χ3v) is 6.13. The van der Waals surface area contributed by atoms with Crippen LogP contribution in [0.15, 0.2) is 12.3 Å². The Kier molecular flexibility index (Phi) is 19.5. The smallest absolute Gasteiger partial charge is 0.303 e. The van der Waals surface area contributed by atoms with Crippen molar-refractivity contribution in [2.75, 3.05) is 19.6 Å². The lowest BCUT2D eigenvalue weighted by atomic mass is 10.1. The Hall–Kier alpha value is -1.89. The van der Waals surface area contributed by atoms with E-state index in [9.17, 15) is 14.4 Å². The number of nitrogens with zero attached hydrogens (tertiary/aromatic N) is 1. The predicted molar refractivity (Wildman–Crippen MR) is 131 cm³/mol. The summed E-state index contributed by atoms with van der Waals surface area (Å²) < 4.78 is 0.464. The summed E-state index contributed by atoms with van der Waals surface area (Å²) in [6.45, 7) is 3.99. The fraction of sp³-hybridized carbons (Fsp3) is 0.808. The maximum Gasteiger partial charge on any atom is 0.303 e. The molecule has 0 atom stereocenters. The minimum absolute atomic E-state index is 0.0597. The average Bonchev–Trinajstić information content (AvgIpc) is 2.73. The van der Waals surface area contributed by atoms with Crippen LogP contribution in [-0.2, 0) is 14.4 Å². The summed E-state index contributed by atoms with van der Waals surface area (Å²) in [7, 11) is 0. The van der Waals surface area contributed by atoms with Crippen molar-refractivity contribution in [3.8, 4) is 0 Å². The van der Waals surface area contributed by atoms with E-state index < -0.39 is 17.9 Å². The third-order valence-electron chi connectivity index (χ3n) is 6.13. The first-order valence-corrected chi connectivity index (χ1v) is 13.0. The summed E-state index contributed by atoms with van der Waals surface area (Å²) in [6, 6.07) is 0. The SMILES string of the molecule is CCCCCCCCCCCC/C=C/[N+](CCCC(=O)O)(CCCC(=O)O)CCCC(=O)O. The molecular formula is C26H48NO6+. The van der Waals surface area contributed by atoms with Crippen molar-refractivity contribution < 1.29 is 34.2 Å². The van der Waals surface area contributed by atoms with Gasteiger partial charge in [-0.25, -0.2) is 0 Å². The van der Waals surface area contributed by atoms with Crippen LogP contribution in [0.1, 0.15) is 116 Å². The number of carboxylic acid groups (broad SMARTS) is 3. The number of carbonyl (C=O) groups is 3. The zero-order chi connectivity index (χ0) is 24.8. The first kappa shape index (κ1) is 31.1. The molecule has 7 heteroatoms. The molecule has 33 heavy (non-hydrogen) atoms. The fourth-order valence-electron chi connectivity index (χ4n) is 4.24. The van der Waals surface area contributed by atoms with Crippen LogP contribution in [0.2, 0.25) is 0 Å². The molecule has 0 rings (SSSR count). The molecule has 0 fully saturated rings. The van der Waals surface area contributed by atoms with Gasteiger partial charge in [-0.3, -0.25) is 18.9 Å². The van der Waals surface area contributed by atoms with Gasteiger partial charge in [0.1, 0.15) is 0 Å². The van der Waals surface area contributed by atoms with Crippen molar-refractivity contribution in [3.63, 3.8) is 0 Å². The molecule has 0 saturated carbocycles. The molecule has 0 unspecified atom stereocenters. The molecule has 0 aromatic heterocycles. The van der Waals surface area contributed by atoms with E-state index in [2.05, 4.69) is 19.2 Å². The summed E-state index contributed by atoms with van der Waals surface area (Å²) in [4.78, 5) is 33.0. The monoisotopic (exact) mass is 470 g/mol. The lowest BCUT2D eigenvalue weighted by Gasteiger charge is -2.35. The molecule has 192 valence electrons. The Balaban J connectivity index is 4.63. The summed E-state index contributed by atoms with van der Waals surface area (Å²) in [5.41, 5.74) is 0. The number of allylic oxidation sites excluding steroid dienone is 1. The Bertz CT molecular complexity index is 511. The van der Waals surface area contributed by atoms with E-state index in [1.54, 1.807) is 0 Å². The van der Waals surface area contributed by atoms with Crippen molar-refractivity contribution in [2.45, 2.75) is 116 Å². The molecule has 7 nitrogen and oxygen atoms in total. The second kappa shape index (κ2) is 20.7. The van der Waals surface area contributed by atoms with E-state index >= 15 is 0 Å². The van der Waals surface area contributed by atoms with Crippen molar-refractivity contribution in [1.29, 1.82) is 0 Å². The Morgan fingerprint density at radius 1 is 0.576 bits per heavy atom. The maximum atomic E-state index is 11.0. The van der Waals surface area contributed by atoms with Gasteiger partial charge in [0.05, 0.1) is 45.1 Å². The molecule has 3 N–H and O–H groups in total. The van der Waals surface area contributed by atoms with Gasteiger partial charge in [-0.2, -0.15) is 0 Å². The van der Waals surface area contributed by atoms with Crippen molar-refractivity contribution in [3.05, 3.63) is 12.3 Å². The third kappa shape index (κ3) is 20.4. The van der Waals surface area contributed by atoms with E-state index in [0.717, 1.165) is 12.8 Å². The Morgan fingerprint density at radius 2 is 0.939 bits per heavy atom. The largest absolute Gasteiger partial charge is 0.481 e. The molecule has 0 aliphatic rings. The van der Waals surface area contributed by atoms with Crippen LogP contribution in [0.5, 0.6) is 0 Å². The van der Waals surface area contributed by atoms with E-state index in [1.165, 1.54) is 57.8 Å². The minimum atomic E-state index is -0.849. The lowest BCUT2D eigenvalue weighted by Crippen LogP contribution is -2.45. The first-order chi connectivity index (χ1) is 15.8. The molecule has 0 aromatic carbocycles. The summed E-state index contributed by atoms with van der Waals surface area (Å²) in [5.74, 6) is -2.55. The van der Waals surface area contributed by atoms with Gasteiger partial charge in [-0.1, -0.05) is 64.7 Å². The van der Waals surface area contributed by atoms with E-state index in [0.29, 0.717) is 43.4 Å².